The van der Waals surface area contributed by atoms with Crippen LogP contribution in [0, 0.1) is 0 Å². The molecule has 6 nitrogen and oxygen atoms in total. The summed E-state index contributed by atoms with van der Waals surface area (Å²) in [6.45, 7) is 6.48. The Morgan fingerprint density at radius 1 is 0.284 bits per heavy atom. The molecule has 0 spiro atoms. The highest BCUT2D eigenvalue weighted by Crippen LogP contribution is 2.15. The Morgan fingerprint density at radius 2 is 0.527 bits per heavy atom. The second-order valence-electron chi connectivity index (χ2n) is 20.6. The molecule has 0 aromatic rings. The van der Waals surface area contributed by atoms with Crippen molar-refractivity contribution in [3.8, 4) is 0 Å². The van der Waals surface area contributed by atoms with Crippen molar-refractivity contribution in [1.82, 2.24) is 0 Å². The Labute approximate surface area is 457 Å². The lowest BCUT2D eigenvalue weighted by atomic mass is 10.1. The van der Waals surface area contributed by atoms with Crippen LogP contribution in [0.1, 0.15) is 297 Å². The van der Waals surface area contributed by atoms with Crippen molar-refractivity contribution in [3.63, 3.8) is 0 Å². The molecule has 424 valence electrons. The highest BCUT2D eigenvalue weighted by Gasteiger charge is 2.19. The van der Waals surface area contributed by atoms with E-state index in [9.17, 15) is 14.4 Å². The van der Waals surface area contributed by atoms with Crippen LogP contribution >= 0.6 is 0 Å². The fraction of sp³-hybridized carbons (Fsp3) is 0.721. The van der Waals surface area contributed by atoms with Gasteiger partial charge in [-0.2, -0.15) is 0 Å². The molecule has 0 aromatic carbocycles. The Bertz CT molecular complexity index is 1460. The van der Waals surface area contributed by atoms with E-state index in [1.54, 1.807) is 0 Å². The highest BCUT2D eigenvalue weighted by atomic mass is 16.6. The first-order chi connectivity index (χ1) is 36.5. The number of ether oxygens (including phenoxy) is 3. The molecule has 0 heterocycles. The number of hydrogen-bond donors (Lipinski definition) is 0. The Kier molecular flexibility index (Phi) is 58.8. The zero-order valence-electron chi connectivity index (χ0n) is 48.6. The van der Waals surface area contributed by atoms with E-state index in [4.69, 9.17) is 14.2 Å². The van der Waals surface area contributed by atoms with Crippen molar-refractivity contribution in [2.75, 3.05) is 13.2 Å². The summed E-state index contributed by atoms with van der Waals surface area (Å²) in [4.78, 5) is 38.3. The third-order valence-corrected chi connectivity index (χ3v) is 13.3. The molecule has 0 N–H and O–H groups in total. The van der Waals surface area contributed by atoms with Gasteiger partial charge < -0.3 is 14.2 Å². The lowest BCUT2D eigenvalue weighted by Gasteiger charge is -2.18. The van der Waals surface area contributed by atoms with Crippen LogP contribution in [-0.4, -0.2) is 37.2 Å². The van der Waals surface area contributed by atoms with Gasteiger partial charge in [-0.15, -0.1) is 0 Å². The van der Waals surface area contributed by atoms with Crippen LogP contribution in [0.3, 0.4) is 0 Å². The molecule has 0 saturated heterocycles. The van der Waals surface area contributed by atoms with Crippen molar-refractivity contribution in [3.05, 3.63) is 97.2 Å². The van der Waals surface area contributed by atoms with Gasteiger partial charge >= 0.3 is 17.9 Å². The van der Waals surface area contributed by atoms with Gasteiger partial charge in [0.25, 0.3) is 0 Å². The van der Waals surface area contributed by atoms with Gasteiger partial charge in [0.15, 0.2) is 6.10 Å². The van der Waals surface area contributed by atoms with Gasteiger partial charge in [-0.25, -0.2) is 0 Å². The minimum absolute atomic E-state index is 0.0873. The third-order valence-electron chi connectivity index (χ3n) is 13.3. The first-order valence-electron chi connectivity index (χ1n) is 31.2. The van der Waals surface area contributed by atoms with Crippen LogP contribution < -0.4 is 0 Å². The summed E-state index contributed by atoms with van der Waals surface area (Å²) in [5, 5.41) is 0. The lowest BCUT2D eigenvalue weighted by molar-refractivity contribution is -0.167. The van der Waals surface area contributed by atoms with E-state index in [0.29, 0.717) is 19.3 Å². The van der Waals surface area contributed by atoms with E-state index in [2.05, 4.69) is 118 Å². The monoisotopic (exact) mass is 1030 g/mol. The number of carbonyl (C=O) groups is 3. The zero-order valence-corrected chi connectivity index (χ0v) is 48.6. The summed E-state index contributed by atoms with van der Waals surface area (Å²) in [7, 11) is 0. The van der Waals surface area contributed by atoms with Gasteiger partial charge in [-0.3, -0.25) is 14.4 Å². The van der Waals surface area contributed by atoms with Gasteiger partial charge in [0.05, 0.1) is 0 Å². The highest BCUT2D eigenvalue weighted by molar-refractivity contribution is 5.71. The number of esters is 3. The van der Waals surface area contributed by atoms with Gasteiger partial charge in [0.2, 0.25) is 0 Å². The molecule has 0 aliphatic heterocycles. The lowest BCUT2D eigenvalue weighted by Crippen LogP contribution is -2.30. The quantitative estimate of drug-likeness (QED) is 0.0261. The first-order valence-corrected chi connectivity index (χ1v) is 31.2. The molecular formula is C68H116O6. The minimum Gasteiger partial charge on any atom is -0.462 e. The molecular weight excluding hydrogens is 913 g/mol. The van der Waals surface area contributed by atoms with E-state index in [1.807, 2.05) is 0 Å². The van der Waals surface area contributed by atoms with Gasteiger partial charge in [0.1, 0.15) is 13.2 Å². The molecule has 0 aliphatic carbocycles. The van der Waals surface area contributed by atoms with Crippen molar-refractivity contribution >= 4 is 17.9 Å². The number of rotatable bonds is 56. The van der Waals surface area contributed by atoms with Crippen molar-refractivity contribution < 1.29 is 28.6 Å². The average molecular weight is 1030 g/mol. The third kappa shape index (κ3) is 59.2. The van der Waals surface area contributed by atoms with Crippen molar-refractivity contribution in [2.24, 2.45) is 0 Å². The maximum Gasteiger partial charge on any atom is 0.306 e. The van der Waals surface area contributed by atoms with Crippen LogP contribution in [0.25, 0.3) is 0 Å². The molecule has 0 amide bonds. The summed E-state index contributed by atoms with van der Waals surface area (Å²) in [6.07, 6.45) is 82.5. The molecule has 74 heavy (non-hydrogen) atoms. The zero-order chi connectivity index (χ0) is 53.6. The fourth-order valence-electron chi connectivity index (χ4n) is 8.61. The second kappa shape index (κ2) is 61.9. The second-order valence-corrected chi connectivity index (χ2v) is 20.6. The predicted molar refractivity (Wildman–Crippen MR) is 320 cm³/mol. The summed E-state index contributed by atoms with van der Waals surface area (Å²) in [6, 6.07) is 0. The molecule has 6 heteroatoms. The summed E-state index contributed by atoms with van der Waals surface area (Å²) in [5.41, 5.74) is 0. The number of hydrogen-bond acceptors (Lipinski definition) is 6. The van der Waals surface area contributed by atoms with Crippen LogP contribution in [0.15, 0.2) is 97.2 Å². The van der Waals surface area contributed by atoms with Gasteiger partial charge in [0, 0.05) is 19.3 Å². The molecule has 0 fully saturated rings. The SMILES string of the molecule is CC/C=C\C/C=C\C/C=C\C/C=C\CCCCCCCCCCCCC(=O)OCC(COC(=O)CCCCCCC/C=C\C/C=C\CCCCC)OC(=O)CCCCCCCCC/C=C\C/C=C\CCCCCC. The van der Waals surface area contributed by atoms with E-state index < -0.39 is 6.10 Å². The Hall–Kier alpha value is -3.67. The molecule has 1 atom stereocenters. The van der Waals surface area contributed by atoms with Crippen LogP contribution in [0.2, 0.25) is 0 Å². The maximum atomic E-state index is 12.9. The van der Waals surface area contributed by atoms with Crippen LogP contribution in [-0.2, 0) is 28.6 Å². The van der Waals surface area contributed by atoms with Gasteiger partial charge in [-0.05, 0) is 122 Å². The molecule has 0 saturated carbocycles. The van der Waals surface area contributed by atoms with Crippen LogP contribution in [0.5, 0.6) is 0 Å². The van der Waals surface area contributed by atoms with E-state index in [1.165, 1.54) is 135 Å². The minimum atomic E-state index is -0.791. The number of unbranched alkanes of at least 4 members (excludes halogenated alkanes) is 29. The molecule has 1 unspecified atom stereocenters. The summed E-state index contributed by atoms with van der Waals surface area (Å²) in [5.74, 6) is -0.905. The smallest absolute Gasteiger partial charge is 0.306 e. The molecule has 0 aromatic heterocycles. The van der Waals surface area contributed by atoms with Crippen LogP contribution in [0.4, 0.5) is 0 Å². The normalized spacial score (nSPS) is 12.7. The van der Waals surface area contributed by atoms with E-state index in [0.717, 1.165) is 122 Å². The Morgan fingerprint density at radius 3 is 0.851 bits per heavy atom. The molecule has 0 bridgehead atoms. The van der Waals surface area contributed by atoms with Crippen molar-refractivity contribution in [1.29, 1.82) is 0 Å². The predicted octanol–water partition coefficient (Wildman–Crippen LogP) is 21.3. The fourth-order valence-corrected chi connectivity index (χ4v) is 8.61. The number of allylic oxidation sites excluding steroid dienone is 16. The number of carbonyl (C=O) groups excluding carboxylic acids is 3. The largest absolute Gasteiger partial charge is 0.462 e. The first kappa shape index (κ1) is 70.3. The van der Waals surface area contributed by atoms with Gasteiger partial charge in [-0.1, -0.05) is 253 Å². The van der Waals surface area contributed by atoms with E-state index in [-0.39, 0.29) is 31.1 Å². The van der Waals surface area contributed by atoms with Crippen molar-refractivity contribution in [2.45, 2.75) is 303 Å². The topological polar surface area (TPSA) is 78.9 Å². The molecule has 0 rings (SSSR count). The summed E-state index contributed by atoms with van der Waals surface area (Å²) >= 11 is 0. The van der Waals surface area contributed by atoms with E-state index >= 15 is 0 Å². The summed E-state index contributed by atoms with van der Waals surface area (Å²) < 4.78 is 16.9. The standard InChI is InChI=1S/C68H116O6/c1-4-7-10-13-16-19-22-25-28-30-32-33-34-35-36-38-40-43-46-49-52-55-58-61-67(70)73-64-65(63-72-66(69)60-57-54-51-48-45-42-39-27-24-21-18-15-12-9-6-3)74-68(71)62-59-56-53-50-47-44-41-37-31-29-26-23-20-17-14-11-8-5-2/h7,10,16,18-21,23,25,27-29,31-33,39,65H,4-6,8-9,11-15,17,22,24,26,30,34-38,40-64H2,1-3H3/b10-7-,19-16-,21-18-,23-20-,28-25-,31-29-,33-32-,39-27-. The Balaban J connectivity index is 4.39. The average Bonchev–Trinajstić information content (AvgIpc) is 3.40. The molecule has 0 radical (unpaired) electrons. The maximum absolute atomic E-state index is 12.9. The molecule has 0 aliphatic rings.